The maximum atomic E-state index is 12.4. The number of nitrogens with zero attached hydrogens (tertiary/aromatic N) is 2. The van der Waals surface area contributed by atoms with E-state index in [2.05, 4.69) is 17.1 Å². The molecule has 1 aliphatic rings. The van der Waals surface area contributed by atoms with Crippen LogP contribution in [0.2, 0.25) is 0 Å². The van der Waals surface area contributed by atoms with Gasteiger partial charge < -0.3 is 10.2 Å². The molecule has 122 valence electrons. The first kappa shape index (κ1) is 17.0. The Kier molecular flexibility index (Phi) is 5.97. The van der Waals surface area contributed by atoms with Crippen molar-refractivity contribution in [2.75, 3.05) is 32.7 Å². The molecule has 1 aromatic rings. The van der Waals surface area contributed by atoms with E-state index < -0.39 is 0 Å². The van der Waals surface area contributed by atoms with E-state index in [4.69, 9.17) is 0 Å². The van der Waals surface area contributed by atoms with Gasteiger partial charge in [0.15, 0.2) is 0 Å². The third-order valence-corrected chi connectivity index (χ3v) is 4.99. The summed E-state index contributed by atoms with van der Waals surface area (Å²) in [5.74, 6) is 0.185. The van der Waals surface area contributed by atoms with Crippen molar-refractivity contribution in [3.8, 4) is 0 Å². The summed E-state index contributed by atoms with van der Waals surface area (Å²) in [6.45, 7) is 9.38. The Hall–Kier alpha value is -1.40. The van der Waals surface area contributed by atoms with Crippen molar-refractivity contribution in [1.82, 2.24) is 15.1 Å². The van der Waals surface area contributed by atoms with Gasteiger partial charge in [0.1, 0.15) is 0 Å². The molecule has 1 N–H and O–H groups in total. The van der Waals surface area contributed by atoms with Gasteiger partial charge in [-0.15, -0.1) is 11.3 Å². The molecule has 5 nitrogen and oxygen atoms in total. The van der Waals surface area contributed by atoms with Gasteiger partial charge in [-0.25, -0.2) is 0 Å². The second kappa shape index (κ2) is 7.74. The molecule has 0 bridgehead atoms. The summed E-state index contributed by atoms with van der Waals surface area (Å²) in [6.07, 6.45) is 0.939. The normalized spacial score (nSPS) is 17.3. The summed E-state index contributed by atoms with van der Waals surface area (Å²) in [5.41, 5.74) is 0. The molecule has 1 atom stereocenters. The fourth-order valence-corrected chi connectivity index (χ4v) is 3.28. The van der Waals surface area contributed by atoms with Gasteiger partial charge in [0, 0.05) is 37.1 Å². The number of rotatable bonds is 5. The highest BCUT2D eigenvalue weighted by Gasteiger charge is 2.24. The van der Waals surface area contributed by atoms with Gasteiger partial charge in [-0.3, -0.25) is 14.5 Å². The highest BCUT2D eigenvalue weighted by atomic mass is 32.1. The molecule has 0 spiro atoms. The first-order valence-electron chi connectivity index (χ1n) is 7.87. The van der Waals surface area contributed by atoms with Crippen molar-refractivity contribution in [2.45, 2.75) is 33.2 Å². The molecular weight excluding hydrogens is 298 g/mol. The summed E-state index contributed by atoms with van der Waals surface area (Å²) in [6, 6.07) is 4.10. The Morgan fingerprint density at radius 1 is 1.27 bits per heavy atom. The van der Waals surface area contributed by atoms with Crippen LogP contribution >= 0.6 is 11.3 Å². The monoisotopic (exact) mass is 323 g/mol. The molecule has 0 radical (unpaired) electrons. The maximum absolute atomic E-state index is 12.4. The van der Waals surface area contributed by atoms with Crippen LogP contribution in [0.3, 0.4) is 0 Å². The van der Waals surface area contributed by atoms with E-state index >= 15 is 0 Å². The van der Waals surface area contributed by atoms with Crippen LogP contribution < -0.4 is 5.32 Å². The summed E-state index contributed by atoms with van der Waals surface area (Å²) in [4.78, 5) is 30.2. The first-order chi connectivity index (χ1) is 10.5. The zero-order valence-corrected chi connectivity index (χ0v) is 14.4. The molecule has 1 aromatic heterocycles. The van der Waals surface area contributed by atoms with E-state index in [-0.39, 0.29) is 17.9 Å². The molecule has 0 aliphatic carbocycles. The molecule has 2 amide bonds. The molecule has 0 saturated carbocycles. The lowest BCUT2D eigenvalue weighted by atomic mass is 10.2. The summed E-state index contributed by atoms with van der Waals surface area (Å²) in [7, 11) is 0. The minimum Gasteiger partial charge on any atom is -0.353 e. The number of carbonyl (C=O) groups excluding carboxylic acids is 2. The van der Waals surface area contributed by atoms with Crippen molar-refractivity contribution < 1.29 is 9.59 Å². The molecule has 2 rings (SSSR count). The maximum Gasteiger partial charge on any atom is 0.264 e. The number of thiophene rings is 1. The molecule has 2 heterocycles. The predicted molar refractivity (Wildman–Crippen MR) is 89.3 cm³/mol. The lowest BCUT2D eigenvalue weighted by Crippen LogP contribution is -2.51. The van der Waals surface area contributed by atoms with Gasteiger partial charge in [-0.2, -0.15) is 0 Å². The van der Waals surface area contributed by atoms with Gasteiger partial charge in [0.05, 0.1) is 11.4 Å². The lowest BCUT2D eigenvalue weighted by Gasteiger charge is -2.34. The molecule has 1 aliphatic heterocycles. The molecule has 1 saturated heterocycles. The Morgan fingerprint density at radius 2 is 1.95 bits per heavy atom. The number of piperazine rings is 1. The van der Waals surface area contributed by atoms with Crippen LogP contribution in [-0.4, -0.2) is 60.4 Å². The summed E-state index contributed by atoms with van der Waals surface area (Å²) in [5, 5.41) is 2.98. The third-order valence-electron chi connectivity index (χ3n) is 4.00. The number of carbonyl (C=O) groups is 2. The summed E-state index contributed by atoms with van der Waals surface area (Å²) < 4.78 is 0. The van der Waals surface area contributed by atoms with Crippen LogP contribution in [0.4, 0.5) is 0 Å². The number of aryl methyl sites for hydroxylation is 1. The fourth-order valence-electron chi connectivity index (χ4n) is 2.44. The molecule has 0 aromatic carbocycles. The van der Waals surface area contributed by atoms with Crippen LogP contribution in [0.25, 0.3) is 0 Å². The number of hydrogen-bond acceptors (Lipinski definition) is 4. The van der Waals surface area contributed by atoms with E-state index in [9.17, 15) is 9.59 Å². The minimum absolute atomic E-state index is 0.0722. The molecule has 1 unspecified atom stereocenters. The SMILES string of the molecule is CCC(C)NC(=O)CN1CCN(C(=O)c2ccc(C)s2)CC1. The average molecular weight is 323 g/mol. The zero-order chi connectivity index (χ0) is 16.1. The van der Waals surface area contributed by atoms with Crippen molar-refractivity contribution >= 4 is 23.2 Å². The Labute approximate surface area is 136 Å². The number of hydrogen-bond donors (Lipinski definition) is 1. The van der Waals surface area contributed by atoms with Crippen molar-refractivity contribution in [2.24, 2.45) is 0 Å². The van der Waals surface area contributed by atoms with Gasteiger partial charge in [-0.1, -0.05) is 6.92 Å². The van der Waals surface area contributed by atoms with Crippen LogP contribution in [0.1, 0.15) is 34.8 Å². The quantitative estimate of drug-likeness (QED) is 0.898. The molecule has 1 fully saturated rings. The highest BCUT2D eigenvalue weighted by Crippen LogP contribution is 2.18. The van der Waals surface area contributed by atoms with Crippen LogP contribution in [0, 0.1) is 6.92 Å². The second-order valence-electron chi connectivity index (χ2n) is 5.86. The summed E-state index contributed by atoms with van der Waals surface area (Å²) >= 11 is 1.54. The van der Waals surface area contributed by atoms with Crippen molar-refractivity contribution in [3.05, 3.63) is 21.9 Å². The van der Waals surface area contributed by atoms with Crippen LogP contribution in [-0.2, 0) is 4.79 Å². The molecular formula is C16H25N3O2S. The topological polar surface area (TPSA) is 52.7 Å². The van der Waals surface area contributed by atoms with E-state index in [1.165, 1.54) is 0 Å². The number of nitrogens with one attached hydrogen (secondary N) is 1. The van der Waals surface area contributed by atoms with Crippen LogP contribution in [0.5, 0.6) is 0 Å². The third kappa shape index (κ3) is 4.55. The van der Waals surface area contributed by atoms with E-state index in [1.807, 2.05) is 30.9 Å². The van der Waals surface area contributed by atoms with Gasteiger partial charge in [0.2, 0.25) is 5.91 Å². The predicted octanol–water partition coefficient (Wildman–Crippen LogP) is 1.73. The number of amides is 2. The standard InChI is InChI=1S/C16H25N3O2S/c1-4-12(2)17-15(20)11-18-7-9-19(10-8-18)16(21)14-6-5-13(3)22-14/h5-6,12H,4,7-11H2,1-3H3,(H,17,20). The first-order valence-corrected chi connectivity index (χ1v) is 8.68. The van der Waals surface area contributed by atoms with Gasteiger partial charge in [0.25, 0.3) is 5.91 Å². The minimum atomic E-state index is 0.0722. The Morgan fingerprint density at radius 3 is 2.50 bits per heavy atom. The smallest absolute Gasteiger partial charge is 0.264 e. The van der Waals surface area contributed by atoms with E-state index in [0.717, 1.165) is 29.3 Å². The Bertz CT molecular complexity index is 521. The van der Waals surface area contributed by atoms with Gasteiger partial charge in [-0.05, 0) is 32.4 Å². The fraction of sp³-hybridized carbons (Fsp3) is 0.625. The molecule has 22 heavy (non-hydrogen) atoms. The molecule has 6 heteroatoms. The van der Waals surface area contributed by atoms with E-state index in [0.29, 0.717) is 19.6 Å². The largest absolute Gasteiger partial charge is 0.353 e. The van der Waals surface area contributed by atoms with Crippen LogP contribution in [0.15, 0.2) is 12.1 Å². The van der Waals surface area contributed by atoms with Crippen molar-refractivity contribution in [3.63, 3.8) is 0 Å². The zero-order valence-electron chi connectivity index (χ0n) is 13.6. The van der Waals surface area contributed by atoms with E-state index in [1.54, 1.807) is 11.3 Å². The highest BCUT2D eigenvalue weighted by molar-refractivity contribution is 7.13. The van der Waals surface area contributed by atoms with Crippen molar-refractivity contribution in [1.29, 1.82) is 0 Å². The second-order valence-corrected chi connectivity index (χ2v) is 7.14. The van der Waals surface area contributed by atoms with Gasteiger partial charge >= 0.3 is 0 Å². The average Bonchev–Trinajstić information content (AvgIpc) is 2.93. The lowest BCUT2D eigenvalue weighted by molar-refractivity contribution is -0.123. The Balaban J connectivity index is 1.78.